The third kappa shape index (κ3) is 15.8. The Kier molecular flexibility index (Phi) is 16.6. The van der Waals surface area contributed by atoms with Crippen LogP contribution in [0.3, 0.4) is 0 Å². The fourth-order valence-electron chi connectivity index (χ4n) is 5.10. The maximum atomic E-state index is 12.8. The molecule has 1 unspecified atom stereocenters. The lowest BCUT2D eigenvalue weighted by atomic mass is 10.0. The van der Waals surface area contributed by atoms with E-state index in [1.807, 2.05) is 30.3 Å². The highest BCUT2D eigenvalue weighted by molar-refractivity contribution is 5.70. The molecule has 0 spiro atoms. The second kappa shape index (κ2) is 19.7. The molecule has 4 nitrogen and oxygen atoms in total. The van der Waals surface area contributed by atoms with E-state index in [1.165, 1.54) is 88.2 Å². The van der Waals surface area contributed by atoms with E-state index in [1.54, 1.807) is 0 Å². The molecule has 39 heavy (non-hydrogen) atoms. The van der Waals surface area contributed by atoms with Gasteiger partial charge in [0.2, 0.25) is 6.29 Å². The van der Waals surface area contributed by atoms with Crippen molar-refractivity contribution >= 4 is 5.97 Å². The van der Waals surface area contributed by atoms with Gasteiger partial charge in [-0.15, -0.1) is 0 Å². The minimum absolute atomic E-state index is 0.224. The number of nitrogens with zero attached hydrogens (tertiary/aromatic N) is 1. The standard InChI is InChI=1S/C35H56NO3/c1-5-7-8-9-10-11-12-13-14-15-16-18-22-31-25-27-33(28-26-31)38-35(21-6-2)39-34(37)30-36(3,4)29-32-23-19-17-20-24-32/h17,19-20,23-28,35H,5-16,18,21-22,29-30H2,1-4H3/q+1. The summed E-state index contributed by atoms with van der Waals surface area (Å²) in [4.78, 5) is 12.8. The Morgan fingerprint density at radius 1 is 0.692 bits per heavy atom. The molecule has 0 amide bonds. The zero-order valence-electron chi connectivity index (χ0n) is 25.5. The minimum Gasteiger partial charge on any atom is -0.455 e. The molecule has 0 aliphatic rings. The molecule has 1 atom stereocenters. The van der Waals surface area contributed by atoms with E-state index in [-0.39, 0.29) is 5.97 Å². The number of carbonyl (C=O) groups excluding carboxylic acids is 1. The lowest BCUT2D eigenvalue weighted by molar-refractivity contribution is -0.896. The summed E-state index contributed by atoms with van der Waals surface area (Å²) >= 11 is 0. The molecular formula is C35H56NO3+. The first-order chi connectivity index (χ1) is 18.9. The van der Waals surface area contributed by atoms with E-state index in [0.717, 1.165) is 25.1 Å². The van der Waals surface area contributed by atoms with Crippen LogP contribution < -0.4 is 4.74 Å². The van der Waals surface area contributed by atoms with Gasteiger partial charge >= 0.3 is 5.97 Å². The summed E-state index contributed by atoms with van der Waals surface area (Å²) < 4.78 is 12.4. The Bertz CT molecular complexity index is 879. The number of hydrogen-bond acceptors (Lipinski definition) is 3. The van der Waals surface area contributed by atoms with E-state index in [4.69, 9.17) is 9.47 Å². The van der Waals surface area contributed by atoms with Crippen molar-refractivity contribution in [3.05, 3.63) is 65.7 Å². The molecule has 0 aliphatic carbocycles. The van der Waals surface area contributed by atoms with E-state index in [2.05, 4.69) is 52.2 Å². The van der Waals surface area contributed by atoms with Crippen molar-refractivity contribution in [2.45, 2.75) is 123 Å². The average Bonchev–Trinajstić information content (AvgIpc) is 2.90. The van der Waals surface area contributed by atoms with Gasteiger partial charge in [-0.25, -0.2) is 4.79 Å². The number of carbonyl (C=O) groups is 1. The van der Waals surface area contributed by atoms with Gasteiger partial charge in [0, 0.05) is 12.0 Å². The molecule has 0 aromatic heterocycles. The lowest BCUT2D eigenvalue weighted by Crippen LogP contribution is -2.44. The van der Waals surface area contributed by atoms with Gasteiger partial charge in [-0.05, 0) is 37.0 Å². The first-order valence-electron chi connectivity index (χ1n) is 15.7. The number of esters is 1. The van der Waals surface area contributed by atoms with Crippen molar-refractivity contribution in [3.63, 3.8) is 0 Å². The van der Waals surface area contributed by atoms with Gasteiger partial charge in [0.25, 0.3) is 0 Å². The van der Waals surface area contributed by atoms with Gasteiger partial charge in [-0.3, -0.25) is 0 Å². The van der Waals surface area contributed by atoms with Crippen molar-refractivity contribution < 1.29 is 18.8 Å². The Hall–Kier alpha value is -2.33. The van der Waals surface area contributed by atoms with Gasteiger partial charge in [0.05, 0.1) is 14.1 Å². The number of aryl methyl sites for hydroxylation is 1. The molecule has 0 heterocycles. The number of rotatable bonds is 22. The maximum absolute atomic E-state index is 12.8. The van der Waals surface area contributed by atoms with Gasteiger partial charge in [0.1, 0.15) is 12.3 Å². The largest absolute Gasteiger partial charge is 0.455 e. The van der Waals surface area contributed by atoms with Crippen LogP contribution in [0, 0.1) is 0 Å². The molecule has 2 aromatic carbocycles. The van der Waals surface area contributed by atoms with Crippen LogP contribution >= 0.6 is 0 Å². The van der Waals surface area contributed by atoms with Crippen LogP contribution in [-0.2, 0) is 22.5 Å². The van der Waals surface area contributed by atoms with Gasteiger partial charge in [-0.1, -0.05) is 127 Å². The monoisotopic (exact) mass is 538 g/mol. The van der Waals surface area contributed by atoms with Crippen LogP contribution in [0.5, 0.6) is 5.75 Å². The number of likely N-dealkylation sites (N-methyl/N-ethyl adjacent to an activating group) is 1. The molecular weight excluding hydrogens is 482 g/mol. The third-order valence-corrected chi connectivity index (χ3v) is 7.31. The molecule has 2 aromatic rings. The first kappa shape index (κ1) is 32.9. The molecule has 0 saturated carbocycles. The van der Waals surface area contributed by atoms with Crippen LogP contribution in [0.25, 0.3) is 0 Å². The molecule has 0 fully saturated rings. The molecule has 218 valence electrons. The SMILES string of the molecule is CCCCCCCCCCCCCCc1ccc(OC(CCC)OC(=O)C[N+](C)(C)Cc2ccccc2)cc1. The van der Waals surface area contributed by atoms with Crippen LogP contribution in [0.1, 0.15) is 115 Å². The van der Waals surface area contributed by atoms with Crippen molar-refractivity contribution in [2.75, 3.05) is 20.6 Å². The number of unbranched alkanes of at least 4 members (excludes halogenated alkanes) is 11. The smallest absolute Gasteiger partial charge is 0.364 e. The number of ether oxygens (including phenoxy) is 2. The molecule has 0 bridgehead atoms. The minimum atomic E-state index is -0.554. The van der Waals surface area contributed by atoms with Crippen LogP contribution in [-0.4, -0.2) is 37.4 Å². The molecule has 2 rings (SSSR count). The van der Waals surface area contributed by atoms with E-state index < -0.39 is 6.29 Å². The highest BCUT2D eigenvalue weighted by atomic mass is 16.7. The van der Waals surface area contributed by atoms with Gasteiger partial charge in [-0.2, -0.15) is 0 Å². The van der Waals surface area contributed by atoms with Crippen molar-refractivity contribution in [1.29, 1.82) is 0 Å². The van der Waals surface area contributed by atoms with Crippen LogP contribution in [0.4, 0.5) is 0 Å². The lowest BCUT2D eigenvalue weighted by Gasteiger charge is -2.29. The average molecular weight is 539 g/mol. The van der Waals surface area contributed by atoms with Crippen LogP contribution in [0.15, 0.2) is 54.6 Å². The number of hydrogen-bond donors (Lipinski definition) is 0. The summed E-state index contributed by atoms with van der Waals surface area (Å²) in [6.07, 6.45) is 18.6. The summed E-state index contributed by atoms with van der Waals surface area (Å²) in [5.41, 5.74) is 2.55. The number of quaternary nitrogens is 1. The molecule has 4 heteroatoms. The van der Waals surface area contributed by atoms with E-state index in [9.17, 15) is 4.79 Å². The highest BCUT2D eigenvalue weighted by Gasteiger charge is 2.25. The second-order valence-electron chi connectivity index (χ2n) is 11.8. The Morgan fingerprint density at radius 3 is 1.82 bits per heavy atom. The van der Waals surface area contributed by atoms with Crippen molar-refractivity contribution in [3.8, 4) is 5.75 Å². The molecule has 0 aliphatic heterocycles. The van der Waals surface area contributed by atoms with Gasteiger partial charge in [0.15, 0.2) is 6.54 Å². The predicted molar refractivity (Wildman–Crippen MR) is 164 cm³/mol. The summed E-state index contributed by atoms with van der Waals surface area (Å²) in [6, 6.07) is 18.6. The molecule has 0 N–H and O–H groups in total. The quantitative estimate of drug-likeness (QED) is 0.0648. The predicted octanol–water partition coefficient (Wildman–Crippen LogP) is 9.26. The van der Waals surface area contributed by atoms with Crippen molar-refractivity contribution in [1.82, 2.24) is 0 Å². The van der Waals surface area contributed by atoms with Gasteiger partial charge < -0.3 is 14.0 Å². The Labute approximate surface area is 239 Å². The topological polar surface area (TPSA) is 35.5 Å². The summed E-state index contributed by atoms with van der Waals surface area (Å²) in [7, 11) is 4.11. The summed E-state index contributed by atoms with van der Waals surface area (Å²) in [6.45, 7) is 5.44. The maximum Gasteiger partial charge on any atom is 0.364 e. The molecule has 0 saturated heterocycles. The Balaban J connectivity index is 1.64. The zero-order chi connectivity index (χ0) is 28.2. The summed E-state index contributed by atoms with van der Waals surface area (Å²) in [5, 5.41) is 0. The normalized spacial score (nSPS) is 12.3. The van der Waals surface area contributed by atoms with Crippen LogP contribution in [0.2, 0.25) is 0 Å². The number of benzene rings is 2. The second-order valence-corrected chi connectivity index (χ2v) is 11.8. The summed E-state index contributed by atoms with van der Waals surface area (Å²) in [5.74, 6) is 0.538. The first-order valence-corrected chi connectivity index (χ1v) is 15.7. The molecule has 0 radical (unpaired) electrons. The fourth-order valence-corrected chi connectivity index (χ4v) is 5.10. The zero-order valence-corrected chi connectivity index (χ0v) is 25.5. The van der Waals surface area contributed by atoms with E-state index in [0.29, 0.717) is 17.4 Å². The highest BCUT2D eigenvalue weighted by Crippen LogP contribution is 2.19. The third-order valence-electron chi connectivity index (χ3n) is 7.31. The fraction of sp³-hybridized carbons (Fsp3) is 0.629. The van der Waals surface area contributed by atoms with Crippen molar-refractivity contribution in [2.24, 2.45) is 0 Å². The Morgan fingerprint density at radius 2 is 1.26 bits per heavy atom. The van der Waals surface area contributed by atoms with E-state index >= 15 is 0 Å².